The number of nitrogens with one attached hydrogen (secondary N) is 2. The average molecular weight is 497 g/mol. The van der Waals surface area contributed by atoms with Gasteiger partial charge in [-0.05, 0) is 78.9 Å². The molecule has 1 saturated heterocycles. The highest BCUT2D eigenvalue weighted by Crippen LogP contribution is 2.02. The summed E-state index contributed by atoms with van der Waals surface area (Å²) in [5, 5.41) is 7.01. The predicted octanol–water partition coefficient (Wildman–Crippen LogP) is 2.31. The molecule has 1 atom stereocenters. The summed E-state index contributed by atoms with van der Waals surface area (Å²) in [5.41, 5.74) is 0. The van der Waals surface area contributed by atoms with E-state index in [1.807, 2.05) is 7.05 Å². The van der Waals surface area contributed by atoms with E-state index >= 15 is 0 Å². The van der Waals surface area contributed by atoms with Gasteiger partial charge in [0, 0.05) is 32.7 Å². The van der Waals surface area contributed by atoms with Gasteiger partial charge in [-0.25, -0.2) is 0 Å². The zero-order valence-electron chi connectivity index (χ0n) is 18.5. The predicted molar refractivity (Wildman–Crippen MR) is 130 cm³/mol. The highest BCUT2D eigenvalue weighted by Gasteiger charge is 2.11. The van der Waals surface area contributed by atoms with Crippen molar-refractivity contribution in [2.75, 3.05) is 73.0 Å². The van der Waals surface area contributed by atoms with Gasteiger partial charge in [-0.15, -0.1) is 24.0 Å². The number of halogens is 1. The molecule has 0 aliphatic carbocycles. The third-order valence-electron chi connectivity index (χ3n) is 5.37. The molecule has 2 N–H and O–H groups in total. The molecule has 1 rings (SSSR count). The van der Waals surface area contributed by atoms with Crippen LogP contribution in [0.2, 0.25) is 0 Å². The SMILES string of the molecule is CCN(CC)CCCC(C)NC(=NC)NCCCN1CCCN(C)CC1.I. The lowest BCUT2D eigenvalue weighted by Crippen LogP contribution is -2.43. The highest BCUT2D eigenvalue weighted by molar-refractivity contribution is 14.0. The van der Waals surface area contributed by atoms with Gasteiger partial charge in [0.15, 0.2) is 5.96 Å². The lowest BCUT2D eigenvalue weighted by molar-refractivity contribution is 0.273. The lowest BCUT2D eigenvalue weighted by Gasteiger charge is -2.22. The fourth-order valence-corrected chi connectivity index (χ4v) is 3.49. The van der Waals surface area contributed by atoms with Crippen molar-refractivity contribution in [1.82, 2.24) is 25.3 Å². The molecule has 1 unspecified atom stereocenters. The van der Waals surface area contributed by atoms with Crippen molar-refractivity contribution < 1.29 is 0 Å². The Morgan fingerprint density at radius 1 is 1.11 bits per heavy atom. The van der Waals surface area contributed by atoms with Gasteiger partial charge < -0.3 is 25.3 Å². The number of likely N-dealkylation sites (N-methyl/N-ethyl adjacent to an activating group) is 1. The summed E-state index contributed by atoms with van der Waals surface area (Å²) in [7, 11) is 4.09. The topological polar surface area (TPSA) is 46.1 Å². The maximum Gasteiger partial charge on any atom is 0.191 e. The molecule has 6 nitrogen and oxygen atoms in total. The molecule has 0 spiro atoms. The first kappa shape index (κ1) is 26.9. The minimum absolute atomic E-state index is 0. The zero-order valence-corrected chi connectivity index (χ0v) is 20.8. The van der Waals surface area contributed by atoms with Gasteiger partial charge in [0.1, 0.15) is 0 Å². The second-order valence-electron chi connectivity index (χ2n) is 7.57. The Balaban J connectivity index is 0.00000676. The third-order valence-corrected chi connectivity index (χ3v) is 5.37. The molecule has 27 heavy (non-hydrogen) atoms. The van der Waals surface area contributed by atoms with Gasteiger partial charge in [0.25, 0.3) is 0 Å². The Labute approximate surface area is 185 Å². The van der Waals surface area contributed by atoms with Crippen LogP contribution in [0.3, 0.4) is 0 Å². The molecule has 0 amide bonds. The molecule has 0 saturated carbocycles. The molecule has 1 aliphatic rings. The van der Waals surface area contributed by atoms with Crippen LogP contribution < -0.4 is 10.6 Å². The Bertz CT molecular complexity index is 375. The summed E-state index contributed by atoms with van der Waals surface area (Å²) in [4.78, 5) is 11.9. The summed E-state index contributed by atoms with van der Waals surface area (Å²) < 4.78 is 0. The van der Waals surface area contributed by atoms with E-state index in [0.29, 0.717) is 6.04 Å². The molecule has 0 aromatic heterocycles. The smallest absolute Gasteiger partial charge is 0.191 e. The zero-order chi connectivity index (χ0) is 19.2. The first-order valence-corrected chi connectivity index (χ1v) is 10.7. The molecule has 1 heterocycles. The fourth-order valence-electron chi connectivity index (χ4n) is 3.49. The number of hydrogen-bond donors (Lipinski definition) is 2. The van der Waals surface area contributed by atoms with E-state index in [1.54, 1.807) is 0 Å². The number of nitrogens with zero attached hydrogens (tertiary/aromatic N) is 4. The van der Waals surface area contributed by atoms with E-state index in [9.17, 15) is 0 Å². The number of rotatable bonds is 11. The molecule has 0 aromatic rings. The minimum Gasteiger partial charge on any atom is -0.356 e. The molecule has 0 aromatic carbocycles. The summed E-state index contributed by atoms with van der Waals surface area (Å²) in [6.45, 7) is 17.2. The van der Waals surface area contributed by atoms with Gasteiger partial charge in [-0.2, -0.15) is 0 Å². The molecule has 1 fully saturated rings. The van der Waals surface area contributed by atoms with Gasteiger partial charge in [0.2, 0.25) is 0 Å². The van der Waals surface area contributed by atoms with Crippen LogP contribution in [-0.4, -0.2) is 99.7 Å². The summed E-state index contributed by atoms with van der Waals surface area (Å²) in [6.07, 6.45) is 4.87. The van der Waals surface area contributed by atoms with Gasteiger partial charge in [-0.1, -0.05) is 13.8 Å². The third kappa shape index (κ3) is 12.9. The van der Waals surface area contributed by atoms with E-state index in [-0.39, 0.29) is 24.0 Å². The first-order valence-electron chi connectivity index (χ1n) is 10.7. The van der Waals surface area contributed by atoms with Gasteiger partial charge >= 0.3 is 0 Å². The van der Waals surface area contributed by atoms with E-state index in [2.05, 4.69) is 58.1 Å². The second kappa shape index (κ2) is 16.8. The Kier molecular flexibility index (Phi) is 16.7. The van der Waals surface area contributed by atoms with Crippen LogP contribution >= 0.6 is 24.0 Å². The van der Waals surface area contributed by atoms with E-state index in [0.717, 1.165) is 25.6 Å². The summed E-state index contributed by atoms with van der Waals surface area (Å²) >= 11 is 0. The largest absolute Gasteiger partial charge is 0.356 e. The van der Waals surface area contributed by atoms with Gasteiger partial charge in [-0.3, -0.25) is 4.99 Å². The Hall–Kier alpha value is -0.120. The van der Waals surface area contributed by atoms with E-state index < -0.39 is 0 Å². The van der Waals surface area contributed by atoms with Crippen molar-refractivity contribution in [3.63, 3.8) is 0 Å². The van der Waals surface area contributed by atoms with Crippen LogP contribution in [0.5, 0.6) is 0 Å². The fraction of sp³-hybridized carbons (Fsp3) is 0.950. The van der Waals surface area contributed by atoms with Crippen molar-refractivity contribution in [2.24, 2.45) is 4.99 Å². The van der Waals surface area contributed by atoms with Crippen LogP contribution in [0, 0.1) is 0 Å². The summed E-state index contributed by atoms with van der Waals surface area (Å²) in [6, 6.07) is 0.456. The lowest BCUT2D eigenvalue weighted by atomic mass is 10.2. The van der Waals surface area contributed by atoms with Crippen molar-refractivity contribution in [1.29, 1.82) is 0 Å². The van der Waals surface area contributed by atoms with Crippen molar-refractivity contribution in [2.45, 2.75) is 52.5 Å². The number of guanidine groups is 1. The normalized spacial score (nSPS) is 18.1. The Morgan fingerprint density at radius 3 is 2.52 bits per heavy atom. The van der Waals surface area contributed by atoms with Crippen molar-refractivity contribution >= 4 is 29.9 Å². The van der Waals surface area contributed by atoms with Crippen LogP contribution in [0.4, 0.5) is 0 Å². The van der Waals surface area contributed by atoms with Crippen LogP contribution in [0.25, 0.3) is 0 Å². The molecule has 0 radical (unpaired) electrons. The maximum atomic E-state index is 4.38. The van der Waals surface area contributed by atoms with Crippen LogP contribution in [0.15, 0.2) is 4.99 Å². The first-order chi connectivity index (χ1) is 12.6. The average Bonchev–Trinajstić information content (AvgIpc) is 2.85. The summed E-state index contributed by atoms with van der Waals surface area (Å²) in [5.74, 6) is 0.941. The van der Waals surface area contributed by atoms with E-state index in [1.165, 1.54) is 65.0 Å². The van der Waals surface area contributed by atoms with Crippen LogP contribution in [0.1, 0.15) is 46.5 Å². The second-order valence-corrected chi connectivity index (χ2v) is 7.57. The maximum absolute atomic E-state index is 4.38. The molecule has 0 bridgehead atoms. The molecule has 1 aliphatic heterocycles. The number of aliphatic imine (C=N–C) groups is 1. The van der Waals surface area contributed by atoms with E-state index in [4.69, 9.17) is 0 Å². The number of hydrogen-bond acceptors (Lipinski definition) is 4. The monoisotopic (exact) mass is 496 g/mol. The molecule has 162 valence electrons. The highest BCUT2D eigenvalue weighted by atomic mass is 127. The molecule has 7 heteroatoms. The molecular weight excluding hydrogens is 451 g/mol. The quantitative estimate of drug-likeness (QED) is 0.199. The molecular formula is C20H45IN6. The Morgan fingerprint density at radius 2 is 1.85 bits per heavy atom. The standard InChI is InChI=1S/C20H44N6.HI/c1-6-25(7-2)14-8-11-19(3)23-20(21-4)22-12-9-15-26-16-10-13-24(5)17-18-26;/h19H,6-18H2,1-5H3,(H2,21,22,23);1H. The van der Waals surface area contributed by atoms with Crippen molar-refractivity contribution in [3.05, 3.63) is 0 Å². The van der Waals surface area contributed by atoms with Crippen molar-refractivity contribution in [3.8, 4) is 0 Å². The minimum atomic E-state index is 0. The van der Waals surface area contributed by atoms with Gasteiger partial charge in [0.05, 0.1) is 0 Å². The van der Waals surface area contributed by atoms with Crippen LogP contribution in [-0.2, 0) is 0 Å².